The van der Waals surface area contributed by atoms with Gasteiger partial charge in [0.2, 0.25) is 5.82 Å². The van der Waals surface area contributed by atoms with Crippen molar-refractivity contribution >= 4 is 34.7 Å². The zero-order valence-electron chi connectivity index (χ0n) is 13.2. The SMILES string of the molecule is O=C1COc2ccc(-c3ccnc([NH2+]c4ccc(Cl)cc4)c3)cc2N1. The highest BCUT2D eigenvalue weighted by molar-refractivity contribution is 6.30. The molecule has 0 saturated heterocycles. The van der Waals surface area contributed by atoms with E-state index in [0.29, 0.717) is 16.5 Å². The number of nitrogens with zero attached hydrogens (tertiary/aromatic N) is 1. The number of amides is 1. The van der Waals surface area contributed by atoms with Crippen LogP contribution in [0.5, 0.6) is 5.75 Å². The molecular weight excluding hydrogens is 338 g/mol. The minimum absolute atomic E-state index is 0.0573. The number of benzene rings is 2. The van der Waals surface area contributed by atoms with Gasteiger partial charge in [0.05, 0.1) is 5.69 Å². The third-order valence-electron chi connectivity index (χ3n) is 3.91. The second-order valence-electron chi connectivity index (χ2n) is 5.71. The lowest BCUT2D eigenvalue weighted by molar-refractivity contribution is -0.482. The predicted octanol–water partition coefficient (Wildman–Crippen LogP) is 3.26. The smallest absolute Gasteiger partial charge is 0.262 e. The van der Waals surface area contributed by atoms with Crippen LogP contribution < -0.4 is 15.4 Å². The molecule has 1 aliphatic heterocycles. The molecule has 1 aromatic heterocycles. The van der Waals surface area contributed by atoms with Crippen LogP contribution in [0.1, 0.15) is 0 Å². The molecule has 4 rings (SSSR count). The largest absolute Gasteiger partial charge is 0.482 e. The van der Waals surface area contributed by atoms with Gasteiger partial charge >= 0.3 is 0 Å². The maximum absolute atomic E-state index is 11.5. The van der Waals surface area contributed by atoms with Gasteiger partial charge in [-0.1, -0.05) is 17.7 Å². The average molecular weight is 353 g/mol. The number of rotatable bonds is 3. The van der Waals surface area contributed by atoms with Crippen molar-refractivity contribution in [3.05, 3.63) is 65.8 Å². The molecule has 6 heteroatoms. The van der Waals surface area contributed by atoms with Crippen molar-refractivity contribution in [3.8, 4) is 16.9 Å². The number of halogens is 1. The number of hydrogen-bond donors (Lipinski definition) is 2. The van der Waals surface area contributed by atoms with E-state index >= 15 is 0 Å². The van der Waals surface area contributed by atoms with E-state index < -0.39 is 0 Å². The molecule has 0 aliphatic carbocycles. The monoisotopic (exact) mass is 352 g/mol. The summed E-state index contributed by atoms with van der Waals surface area (Å²) >= 11 is 5.92. The molecule has 0 fully saturated rings. The molecule has 2 heterocycles. The highest BCUT2D eigenvalue weighted by atomic mass is 35.5. The number of carbonyl (C=O) groups excluding carboxylic acids is 1. The Labute approximate surface area is 149 Å². The van der Waals surface area contributed by atoms with Crippen LogP contribution in [0.4, 0.5) is 17.2 Å². The van der Waals surface area contributed by atoms with Crippen LogP contribution in [0.25, 0.3) is 11.1 Å². The first-order chi connectivity index (χ1) is 12.2. The van der Waals surface area contributed by atoms with Crippen molar-refractivity contribution in [2.75, 3.05) is 11.9 Å². The lowest BCUT2D eigenvalue weighted by Crippen LogP contribution is -2.71. The first-order valence-electron chi connectivity index (χ1n) is 7.81. The molecule has 0 bridgehead atoms. The Morgan fingerprint density at radius 1 is 1.04 bits per heavy atom. The summed E-state index contributed by atoms with van der Waals surface area (Å²) in [5.41, 5.74) is 3.71. The highest BCUT2D eigenvalue weighted by Crippen LogP contribution is 2.32. The second-order valence-corrected chi connectivity index (χ2v) is 6.15. The normalized spacial score (nSPS) is 12.9. The maximum atomic E-state index is 11.5. The van der Waals surface area contributed by atoms with Crippen LogP contribution in [-0.2, 0) is 4.79 Å². The molecule has 0 saturated carbocycles. The number of fused-ring (bicyclic) bond motifs is 1. The van der Waals surface area contributed by atoms with E-state index in [4.69, 9.17) is 16.3 Å². The first kappa shape index (κ1) is 15.6. The Morgan fingerprint density at radius 3 is 2.68 bits per heavy atom. The van der Waals surface area contributed by atoms with E-state index in [1.807, 2.05) is 59.9 Å². The lowest BCUT2D eigenvalue weighted by atomic mass is 10.1. The average Bonchev–Trinajstić information content (AvgIpc) is 2.63. The lowest BCUT2D eigenvalue weighted by Gasteiger charge is -2.18. The van der Waals surface area contributed by atoms with Gasteiger partial charge in [0.1, 0.15) is 11.4 Å². The van der Waals surface area contributed by atoms with Crippen LogP contribution in [0.3, 0.4) is 0 Å². The van der Waals surface area contributed by atoms with E-state index in [0.717, 1.165) is 22.6 Å². The third kappa shape index (κ3) is 3.47. The molecule has 5 nitrogen and oxygen atoms in total. The highest BCUT2D eigenvalue weighted by Gasteiger charge is 2.16. The van der Waals surface area contributed by atoms with Gasteiger partial charge in [0.25, 0.3) is 5.91 Å². The molecule has 124 valence electrons. The molecule has 3 N–H and O–H groups in total. The zero-order valence-corrected chi connectivity index (χ0v) is 14.0. The van der Waals surface area contributed by atoms with Crippen LogP contribution in [0, 0.1) is 0 Å². The number of aromatic nitrogens is 1. The summed E-state index contributed by atoms with van der Waals surface area (Å²) in [5, 5.41) is 5.52. The number of carbonyl (C=O) groups is 1. The quantitative estimate of drug-likeness (QED) is 0.711. The molecule has 0 atom stereocenters. The molecule has 0 radical (unpaired) electrons. The Morgan fingerprint density at radius 2 is 1.84 bits per heavy atom. The van der Waals surface area contributed by atoms with Gasteiger partial charge in [-0.05, 0) is 41.5 Å². The Bertz CT molecular complexity index is 942. The zero-order chi connectivity index (χ0) is 17.2. The number of nitrogens with two attached hydrogens (primary N) is 1. The minimum atomic E-state index is -0.142. The van der Waals surface area contributed by atoms with Gasteiger partial charge in [-0.15, -0.1) is 0 Å². The van der Waals surface area contributed by atoms with Gasteiger partial charge in [-0.25, -0.2) is 4.98 Å². The van der Waals surface area contributed by atoms with Crippen molar-refractivity contribution in [1.29, 1.82) is 0 Å². The topological polar surface area (TPSA) is 67.8 Å². The van der Waals surface area contributed by atoms with Crippen LogP contribution in [0.2, 0.25) is 5.02 Å². The van der Waals surface area contributed by atoms with Crippen LogP contribution >= 0.6 is 11.6 Å². The number of pyridine rings is 1. The van der Waals surface area contributed by atoms with E-state index in [-0.39, 0.29) is 12.5 Å². The molecule has 0 unspecified atom stereocenters. The fourth-order valence-corrected chi connectivity index (χ4v) is 2.83. The first-order valence-corrected chi connectivity index (χ1v) is 8.19. The van der Waals surface area contributed by atoms with Crippen molar-refractivity contribution in [1.82, 2.24) is 4.98 Å². The molecule has 25 heavy (non-hydrogen) atoms. The van der Waals surface area contributed by atoms with Crippen LogP contribution in [-0.4, -0.2) is 17.5 Å². The van der Waals surface area contributed by atoms with Gasteiger partial charge < -0.3 is 10.1 Å². The number of hydrogen-bond acceptors (Lipinski definition) is 3. The van der Waals surface area contributed by atoms with E-state index in [9.17, 15) is 4.79 Å². The fourth-order valence-electron chi connectivity index (χ4n) is 2.70. The molecular formula is C19H15ClN3O2+. The minimum Gasteiger partial charge on any atom is -0.482 e. The molecule has 0 spiro atoms. The Kier molecular flexibility index (Phi) is 4.09. The maximum Gasteiger partial charge on any atom is 0.262 e. The summed E-state index contributed by atoms with van der Waals surface area (Å²) in [6, 6.07) is 17.3. The van der Waals surface area contributed by atoms with Crippen molar-refractivity contribution in [2.24, 2.45) is 0 Å². The number of nitrogens with one attached hydrogen (secondary N) is 1. The van der Waals surface area contributed by atoms with Gasteiger partial charge in [-0.3, -0.25) is 10.1 Å². The number of anilines is 1. The summed E-state index contributed by atoms with van der Waals surface area (Å²) in [4.78, 5) is 15.9. The van der Waals surface area contributed by atoms with E-state index in [1.54, 1.807) is 6.20 Å². The van der Waals surface area contributed by atoms with E-state index in [2.05, 4.69) is 10.3 Å². The summed E-state index contributed by atoms with van der Waals surface area (Å²) in [5.74, 6) is 1.39. The van der Waals surface area contributed by atoms with Crippen molar-refractivity contribution in [2.45, 2.75) is 0 Å². The van der Waals surface area contributed by atoms with Gasteiger partial charge in [0.15, 0.2) is 6.61 Å². The summed E-state index contributed by atoms with van der Waals surface area (Å²) in [6.45, 7) is 0.0573. The third-order valence-corrected chi connectivity index (χ3v) is 4.16. The number of ether oxygens (including phenoxy) is 1. The summed E-state index contributed by atoms with van der Waals surface area (Å²) in [7, 11) is 0. The summed E-state index contributed by atoms with van der Waals surface area (Å²) in [6.07, 6.45) is 1.77. The Hall–Kier alpha value is -2.89. The fraction of sp³-hybridized carbons (Fsp3) is 0.0526. The molecule has 1 amide bonds. The predicted molar refractivity (Wildman–Crippen MR) is 96.5 cm³/mol. The van der Waals surface area contributed by atoms with E-state index in [1.165, 1.54) is 0 Å². The molecule has 3 aromatic rings. The van der Waals surface area contributed by atoms with Crippen molar-refractivity contribution < 1.29 is 14.8 Å². The number of quaternary nitrogens is 1. The second kappa shape index (κ2) is 6.55. The van der Waals surface area contributed by atoms with Crippen molar-refractivity contribution in [3.63, 3.8) is 0 Å². The van der Waals surface area contributed by atoms with Gasteiger partial charge in [0, 0.05) is 29.4 Å². The molecule has 1 aliphatic rings. The Balaban J connectivity index is 1.62. The molecule has 2 aromatic carbocycles. The van der Waals surface area contributed by atoms with Gasteiger partial charge in [-0.2, -0.15) is 0 Å². The van der Waals surface area contributed by atoms with Crippen LogP contribution in [0.15, 0.2) is 60.8 Å². The standard InChI is InChI=1S/C19H14ClN3O2/c20-14-2-4-15(5-3-14)22-18-10-13(7-8-21-18)12-1-6-17-16(9-12)23-19(24)11-25-17/h1-10H,11H2,(H,21,22)(H,23,24)/p+1. The summed E-state index contributed by atoms with van der Waals surface area (Å²) < 4.78 is 5.40.